The molecule has 4 heteroatoms. The Kier molecular flexibility index (Phi) is 4.80. The highest BCUT2D eigenvalue weighted by atomic mass is 16.5. The molecule has 0 radical (unpaired) electrons. The number of carbonyl (C=O) groups is 1. The van der Waals surface area contributed by atoms with Crippen molar-refractivity contribution in [3.63, 3.8) is 0 Å². The third kappa shape index (κ3) is 3.68. The fourth-order valence-corrected chi connectivity index (χ4v) is 3.03. The molecule has 1 saturated carbocycles. The lowest BCUT2D eigenvalue weighted by Gasteiger charge is -2.23. The van der Waals surface area contributed by atoms with Gasteiger partial charge in [-0.05, 0) is 50.6 Å². The maximum Gasteiger partial charge on any atom is 0.306 e. The van der Waals surface area contributed by atoms with Gasteiger partial charge < -0.3 is 15.2 Å². The molecule has 4 nitrogen and oxygen atoms in total. The van der Waals surface area contributed by atoms with E-state index in [1.807, 2.05) is 0 Å². The van der Waals surface area contributed by atoms with Gasteiger partial charge in [0.2, 0.25) is 0 Å². The molecule has 0 aromatic rings. The number of carboxylic acids is 1. The Balaban J connectivity index is 1.65. The van der Waals surface area contributed by atoms with Gasteiger partial charge in [0.1, 0.15) is 0 Å². The number of hydrogen-bond acceptors (Lipinski definition) is 3. The molecular weight excluding hydrogens is 218 g/mol. The lowest BCUT2D eigenvalue weighted by Crippen LogP contribution is -2.33. The fraction of sp³-hybridized carbons (Fsp3) is 0.923. The fourth-order valence-electron chi connectivity index (χ4n) is 3.03. The Morgan fingerprint density at radius 2 is 1.94 bits per heavy atom. The summed E-state index contributed by atoms with van der Waals surface area (Å²) >= 11 is 0. The van der Waals surface area contributed by atoms with Crippen LogP contribution in [0.3, 0.4) is 0 Å². The van der Waals surface area contributed by atoms with Crippen molar-refractivity contribution in [3.05, 3.63) is 0 Å². The molecule has 1 aliphatic carbocycles. The minimum atomic E-state index is -0.611. The minimum absolute atomic E-state index is 0.114. The highest BCUT2D eigenvalue weighted by Gasteiger charge is 2.32. The molecule has 1 saturated heterocycles. The van der Waals surface area contributed by atoms with Crippen molar-refractivity contribution >= 4 is 5.97 Å². The van der Waals surface area contributed by atoms with E-state index in [0.29, 0.717) is 11.8 Å². The van der Waals surface area contributed by atoms with E-state index in [9.17, 15) is 4.79 Å². The SMILES string of the molecule is O=C(O)C1CCCC1CNCC1CCOCC1. The number of hydrogen-bond donors (Lipinski definition) is 2. The molecule has 1 heterocycles. The largest absolute Gasteiger partial charge is 0.481 e. The molecule has 0 bridgehead atoms. The molecule has 2 rings (SSSR count). The quantitative estimate of drug-likeness (QED) is 0.766. The second kappa shape index (κ2) is 6.36. The van der Waals surface area contributed by atoms with Gasteiger partial charge in [0.25, 0.3) is 0 Å². The summed E-state index contributed by atoms with van der Waals surface area (Å²) in [6.45, 7) is 3.65. The summed E-state index contributed by atoms with van der Waals surface area (Å²) in [6.07, 6.45) is 5.28. The summed E-state index contributed by atoms with van der Waals surface area (Å²) in [4.78, 5) is 11.0. The topological polar surface area (TPSA) is 58.6 Å². The molecule has 98 valence electrons. The Labute approximate surface area is 103 Å². The number of aliphatic carboxylic acids is 1. The molecule has 2 atom stereocenters. The first kappa shape index (κ1) is 12.8. The molecule has 0 amide bonds. The van der Waals surface area contributed by atoms with E-state index in [4.69, 9.17) is 9.84 Å². The van der Waals surface area contributed by atoms with Gasteiger partial charge in [-0.1, -0.05) is 6.42 Å². The Hall–Kier alpha value is -0.610. The molecule has 2 aliphatic rings. The lowest BCUT2D eigenvalue weighted by atomic mass is 9.95. The second-order valence-corrected chi connectivity index (χ2v) is 5.35. The average Bonchev–Trinajstić information content (AvgIpc) is 2.79. The maximum atomic E-state index is 11.0. The van der Waals surface area contributed by atoms with Gasteiger partial charge in [-0.2, -0.15) is 0 Å². The molecule has 0 spiro atoms. The Morgan fingerprint density at radius 3 is 2.65 bits per heavy atom. The van der Waals surface area contributed by atoms with Crippen molar-refractivity contribution in [2.75, 3.05) is 26.3 Å². The molecule has 2 unspecified atom stereocenters. The molecule has 2 fully saturated rings. The van der Waals surface area contributed by atoms with E-state index in [0.717, 1.165) is 58.4 Å². The predicted molar refractivity (Wildman–Crippen MR) is 64.9 cm³/mol. The normalized spacial score (nSPS) is 30.6. The third-order valence-electron chi connectivity index (χ3n) is 4.16. The molecule has 0 aromatic heterocycles. The van der Waals surface area contributed by atoms with Crippen LogP contribution in [0.15, 0.2) is 0 Å². The molecule has 0 aromatic carbocycles. The van der Waals surface area contributed by atoms with E-state index in [-0.39, 0.29) is 5.92 Å². The van der Waals surface area contributed by atoms with Crippen LogP contribution in [0.5, 0.6) is 0 Å². The number of rotatable bonds is 5. The number of nitrogens with one attached hydrogen (secondary N) is 1. The van der Waals surface area contributed by atoms with Gasteiger partial charge >= 0.3 is 5.97 Å². The van der Waals surface area contributed by atoms with Crippen molar-refractivity contribution in [2.45, 2.75) is 32.1 Å². The van der Waals surface area contributed by atoms with Crippen molar-refractivity contribution in [1.82, 2.24) is 5.32 Å². The first-order valence-electron chi connectivity index (χ1n) is 6.78. The summed E-state index contributed by atoms with van der Waals surface area (Å²) in [7, 11) is 0. The highest BCUT2D eigenvalue weighted by molar-refractivity contribution is 5.70. The lowest BCUT2D eigenvalue weighted by molar-refractivity contribution is -0.142. The molecule has 17 heavy (non-hydrogen) atoms. The van der Waals surface area contributed by atoms with Crippen LogP contribution in [0.2, 0.25) is 0 Å². The van der Waals surface area contributed by atoms with Crippen molar-refractivity contribution in [1.29, 1.82) is 0 Å². The predicted octanol–water partition coefficient (Wildman–Crippen LogP) is 1.50. The van der Waals surface area contributed by atoms with Gasteiger partial charge in [0.15, 0.2) is 0 Å². The number of carboxylic acid groups (broad SMARTS) is 1. The molecule has 2 N–H and O–H groups in total. The van der Waals surface area contributed by atoms with Crippen LogP contribution in [-0.2, 0) is 9.53 Å². The summed E-state index contributed by atoms with van der Waals surface area (Å²) in [5.41, 5.74) is 0. The van der Waals surface area contributed by atoms with Gasteiger partial charge in [0.05, 0.1) is 5.92 Å². The summed E-state index contributed by atoms with van der Waals surface area (Å²) in [6, 6.07) is 0. The van der Waals surface area contributed by atoms with Crippen LogP contribution in [0, 0.1) is 17.8 Å². The average molecular weight is 241 g/mol. The monoisotopic (exact) mass is 241 g/mol. The van der Waals surface area contributed by atoms with E-state index in [1.54, 1.807) is 0 Å². The van der Waals surface area contributed by atoms with Crippen LogP contribution in [0.25, 0.3) is 0 Å². The van der Waals surface area contributed by atoms with Crippen LogP contribution in [0.1, 0.15) is 32.1 Å². The Morgan fingerprint density at radius 1 is 1.18 bits per heavy atom. The zero-order valence-corrected chi connectivity index (χ0v) is 10.4. The third-order valence-corrected chi connectivity index (χ3v) is 4.16. The van der Waals surface area contributed by atoms with Crippen LogP contribution < -0.4 is 5.32 Å². The first-order valence-corrected chi connectivity index (χ1v) is 6.78. The van der Waals surface area contributed by atoms with E-state index < -0.39 is 5.97 Å². The van der Waals surface area contributed by atoms with Crippen LogP contribution >= 0.6 is 0 Å². The van der Waals surface area contributed by atoms with Crippen molar-refractivity contribution < 1.29 is 14.6 Å². The zero-order chi connectivity index (χ0) is 12.1. The smallest absolute Gasteiger partial charge is 0.306 e. The minimum Gasteiger partial charge on any atom is -0.481 e. The van der Waals surface area contributed by atoms with Gasteiger partial charge in [-0.3, -0.25) is 4.79 Å². The van der Waals surface area contributed by atoms with E-state index in [1.165, 1.54) is 0 Å². The second-order valence-electron chi connectivity index (χ2n) is 5.35. The zero-order valence-electron chi connectivity index (χ0n) is 10.4. The summed E-state index contributed by atoms with van der Waals surface area (Å²) < 4.78 is 5.32. The highest BCUT2D eigenvalue weighted by Crippen LogP contribution is 2.31. The van der Waals surface area contributed by atoms with Crippen LogP contribution in [0.4, 0.5) is 0 Å². The Bertz CT molecular complexity index is 251. The molecular formula is C13H23NO3. The van der Waals surface area contributed by atoms with Crippen molar-refractivity contribution in [2.24, 2.45) is 17.8 Å². The van der Waals surface area contributed by atoms with Crippen molar-refractivity contribution in [3.8, 4) is 0 Å². The maximum absolute atomic E-state index is 11.0. The number of ether oxygens (including phenoxy) is 1. The van der Waals surface area contributed by atoms with E-state index in [2.05, 4.69) is 5.32 Å². The molecule has 1 aliphatic heterocycles. The van der Waals surface area contributed by atoms with Gasteiger partial charge in [-0.15, -0.1) is 0 Å². The van der Waals surface area contributed by atoms with Gasteiger partial charge in [0, 0.05) is 13.2 Å². The summed E-state index contributed by atoms with van der Waals surface area (Å²) in [5, 5.41) is 12.6. The van der Waals surface area contributed by atoms with Gasteiger partial charge in [-0.25, -0.2) is 0 Å². The van der Waals surface area contributed by atoms with E-state index >= 15 is 0 Å². The first-order chi connectivity index (χ1) is 8.27. The summed E-state index contributed by atoms with van der Waals surface area (Å²) in [5.74, 6) is 0.332. The standard InChI is InChI=1S/C13H23NO3/c15-13(16)12-3-1-2-11(12)9-14-8-10-4-6-17-7-5-10/h10-12,14H,1-9H2,(H,15,16). The van der Waals surface area contributed by atoms with Crippen LogP contribution in [-0.4, -0.2) is 37.4 Å².